The molecule has 96 valence electrons. The SMILES string of the molecule is CC(C)Cc1nc2nccc(-c3ccccc3)n2n1. The van der Waals surface area contributed by atoms with Gasteiger partial charge in [-0.2, -0.15) is 9.50 Å². The Morgan fingerprint density at radius 3 is 2.63 bits per heavy atom. The second-order valence-electron chi connectivity index (χ2n) is 5.03. The van der Waals surface area contributed by atoms with E-state index in [4.69, 9.17) is 0 Å². The van der Waals surface area contributed by atoms with Gasteiger partial charge in [0.05, 0.1) is 5.69 Å². The molecule has 0 atom stereocenters. The van der Waals surface area contributed by atoms with Gasteiger partial charge in [0.2, 0.25) is 0 Å². The lowest BCUT2D eigenvalue weighted by Gasteiger charge is -2.02. The lowest BCUT2D eigenvalue weighted by atomic mass is 10.1. The van der Waals surface area contributed by atoms with E-state index in [0.29, 0.717) is 11.7 Å². The number of fused-ring (bicyclic) bond motifs is 1. The van der Waals surface area contributed by atoms with E-state index in [0.717, 1.165) is 23.5 Å². The topological polar surface area (TPSA) is 43.1 Å². The third kappa shape index (κ3) is 2.34. The maximum Gasteiger partial charge on any atom is 0.252 e. The summed E-state index contributed by atoms with van der Waals surface area (Å²) in [7, 11) is 0. The number of benzene rings is 1. The first-order valence-corrected chi connectivity index (χ1v) is 6.50. The second kappa shape index (κ2) is 4.80. The molecule has 0 spiro atoms. The molecule has 0 bridgehead atoms. The van der Waals surface area contributed by atoms with Gasteiger partial charge in [-0.15, -0.1) is 5.10 Å². The largest absolute Gasteiger partial charge is 0.252 e. The van der Waals surface area contributed by atoms with Crippen LogP contribution in [0.1, 0.15) is 19.7 Å². The van der Waals surface area contributed by atoms with Crippen molar-refractivity contribution in [3.8, 4) is 11.3 Å². The Morgan fingerprint density at radius 2 is 1.89 bits per heavy atom. The van der Waals surface area contributed by atoms with Crippen molar-refractivity contribution in [3.63, 3.8) is 0 Å². The summed E-state index contributed by atoms with van der Waals surface area (Å²) >= 11 is 0. The zero-order chi connectivity index (χ0) is 13.2. The van der Waals surface area contributed by atoms with Crippen LogP contribution < -0.4 is 0 Å². The molecular weight excluding hydrogens is 236 g/mol. The lowest BCUT2D eigenvalue weighted by Crippen LogP contribution is -1.98. The summed E-state index contributed by atoms with van der Waals surface area (Å²) in [6, 6.07) is 12.2. The monoisotopic (exact) mass is 252 g/mol. The molecule has 0 saturated heterocycles. The van der Waals surface area contributed by atoms with Crippen molar-refractivity contribution in [2.45, 2.75) is 20.3 Å². The number of rotatable bonds is 3. The van der Waals surface area contributed by atoms with Gasteiger partial charge in [0.1, 0.15) is 0 Å². The Balaban J connectivity index is 2.13. The molecule has 19 heavy (non-hydrogen) atoms. The van der Waals surface area contributed by atoms with E-state index in [1.807, 2.05) is 28.8 Å². The first kappa shape index (κ1) is 11.8. The molecule has 0 aliphatic heterocycles. The average Bonchev–Trinajstić information content (AvgIpc) is 2.80. The molecule has 0 fully saturated rings. The molecule has 0 aliphatic carbocycles. The van der Waals surface area contributed by atoms with Crippen LogP contribution in [0.2, 0.25) is 0 Å². The molecule has 0 saturated carbocycles. The normalized spacial score (nSPS) is 11.3. The van der Waals surface area contributed by atoms with E-state index < -0.39 is 0 Å². The molecule has 3 aromatic rings. The van der Waals surface area contributed by atoms with Crippen LogP contribution >= 0.6 is 0 Å². The van der Waals surface area contributed by atoms with Crippen LogP contribution in [0.3, 0.4) is 0 Å². The van der Waals surface area contributed by atoms with Gasteiger partial charge in [0.15, 0.2) is 5.82 Å². The smallest absolute Gasteiger partial charge is 0.220 e. The summed E-state index contributed by atoms with van der Waals surface area (Å²) in [5.41, 5.74) is 2.14. The van der Waals surface area contributed by atoms with E-state index >= 15 is 0 Å². The minimum Gasteiger partial charge on any atom is -0.220 e. The first-order chi connectivity index (χ1) is 9.24. The summed E-state index contributed by atoms with van der Waals surface area (Å²) in [6.45, 7) is 4.33. The summed E-state index contributed by atoms with van der Waals surface area (Å²) < 4.78 is 1.83. The van der Waals surface area contributed by atoms with Crippen molar-refractivity contribution < 1.29 is 0 Å². The zero-order valence-corrected chi connectivity index (χ0v) is 11.1. The molecule has 0 N–H and O–H groups in total. The predicted molar refractivity (Wildman–Crippen MR) is 74.8 cm³/mol. The summed E-state index contributed by atoms with van der Waals surface area (Å²) in [4.78, 5) is 8.76. The van der Waals surface area contributed by atoms with Crippen molar-refractivity contribution in [1.29, 1.82) is 0 Å². The Hall–Kier alpha value is -2.23. The summed E-state index contributed by atoms with van der Waals surface area (Å²) in [5.74, 6) is 2.06. The Kier molecular flexibility index (Phi) is 2.99. The molecule has 0 unspecified atom stereocenters. The standard InChI is InChI=1S/C15H16N4/c1-11(2)10-14-17-15-16-9-8-13(19(15)18-14)12-6-4-3-5-7-12/h3-9,11H,10H2,1-2H3. The quantitative estimate of drug-likeness (QED) is 0.719. The molecule has 4 nitrogen and oxygen atoms in total. The van der Waals surface area contributed by atoms with Gasteiger partial charge in [-0.1, -0.05) is 44.2 Å². The maximum absolute atomic E-state index is 4.57. The highest BCUT2D eigenvalue weighted by molar-refractivity contribution is 5.60. The van der Waals surface area contributed by atoms with Crippen LogP contribution in [0.15, 0.2) is 42.6 Å². The lowest BCUT2D eigenvalue weighted by molar-refractivity contribution is 0.620. The molecule has 0 amide bonds. The van der Waals surface area contributed by atoms with Gasteiger partial charge in [-0.05, 0) is 12.0 Å². The second-order valence-corrected chi connectivity index (χ2v) is 5.03. The number of aromatic nitrogens is 4. The van der Waals surface area contributed by atoms with Crippen LogP contribution in [-0.4, -0.2) is 19.6 Å². The Morgan fingerprint density at radius 1 is 1.11 bits per heavy atom. The minimum atomic E-state index is 0.539. The fourth-order valence-electron chi connectivity index (χ4n) is 2.11. The fourth-order valence-corrected chi connectivity index (χ4v) is 2.11. The Bertz CT molecular complexity index is 686. The van der Waals surface area contributed by atoms with Crippen LogP contribution in [0, 0.1) is 5.92 Å². The van der Waals surface area contributed by atoms with E-state index in [1.54, 1.807) is 6.20 Å². The van der Waals surface area contributed by atoms with Gasteiger partial charge in [0.25, 0.3) is 5.78 Å². The third-order valence-corrected chi connectivity index (χ3v) is 2.94. The van der Waals surface area contributed by atoms with Crippen molar-refractivity contribution in [3.05, 3.63) is 48.4 Å². The van der Waals surface area contributed by atoms with E-state index in [2.05, 4.69) is 41.0 Å². The molecule has 1 aromatic carbocycles. The Labute approximate surface area is 112 Å². The van der Waals surface area contributed by atoms with Gasteiger partial charge in [-0.25, -0.2) is 4.98 Å². The number of hydrogen-bond donors (Lipinski definition) is 0. The highest BCUT2D eigenvalue weighted by Crippen LogP contribution is 2.18. The predicted octanol–water partition coefficient (Wildman–Crippen LogP) is 2.99. The first-order valence-electron chi connectivity index (χ1n) is 6.50. The van der Waals surface area contributed by atoms with Gasteiger partial charge in [0, 0.05) is 18.2 Å². The number of hydrogen-bond acceptors (Lipinski definition) is 3. The summed E-state index contributed by atoms with van der Waals surface area (Å²) in [5, 5.41) is 4.57. The maximum atomic E-state index is 4.57. The fraction of sp³-hybridized carbons (Fsp3) is 0.267. The van der Waals surface area contributed by atoms with Crippen molar-refractivity contribution in [2.75, 3.05) is 0 Å². The van der Waals surface area contributed by atoms with Gasteiger partial charge >= 0.3 is 0 Å². The van der Waals surface area contributed by atoms with Crippen LogP contribution in [0.25, 0.3) is 17.0 Å². The van der Waals surface area contributed by atoms with E-state index in [9.17, 15) is 0 Å². The molecule has 2 heterocycles. The van der Waals surface area contributed by atoms with Crippen LogP contribution in [0.5, 0.6) is 0 Å². The molecule has 2 aromatic heterocycles. The highest BCUT2D eigenvalue weighted by Gasteiger charge is 2.10. The van der Waals surface area contributed by atoms with Crippen molar-refractivity contribution in [1.82, 2.24) is 19.6 Å². The average molecular weight is 252 g/mol. The number of nitrogens with zero attached hydrogens (tertiary/aromatic N) is 4. The van der Waals surface area contributed by atoms with Crippen molar-refractivity contribution >= 4 is 5.78 Å². The highest BCUT2D eigenvalue weighted by atomic mass is 15.3. The zero-order valence-electron chi connectivity index (χ0n) is 11.1. The van der Waals surface area contributed by atoms with E-state index in [-0.39, 0.29) is 0 Å². The van der Waals surface area contributed by atoms with Gasteiger partial charge in [-0.3, -0.25) is 0 Å². The van der Waals surface area contributed by atoms with Crippen LogP contribution in [0.4, 0.5) is 0 Å². The summed E-state index contributed by atoms with van der Waals surface area (Å²) in [6.07, 6.45) is 2.66. The molecule has 4 heteroatoms. The van der Waals surface area contributed by atoms with Gasteiger partial charge < -0.3 is 0 Å². The minimum absolute atomic E-state index is 0.539. The van der Waals surface area contributed by atoms with Crippen molar-refractivity contribution in [2.24, 2.45) is 5.92 Å². The molecule has 3 rings (SSSR count). The molecule has 0 aliphatic rings. The molecule has 0 radical (unpaired) electrons. The third-order valence-electron chi connectivity index (χ3n) is 2.94. The molecular formula is C15H16N4. The van der Waals surface area contributed by atoms with Crippen LogP contribution in [-0.2, 0) is 6.42 Å². The van der Waals surface area contributed by atoms with E-state index in [1.165, 1.54) is 0 Å².